The molecule has 1 aromatic heterocycles. The highest BCUT2D eigenvalue weighted by Gasteiger charge is 2.18. The fourth-order valence-corrected chi connectivity index (χ4v) is 1.14. The van der Waals surface area contributed by atoms with Crippen molar-refractivity contribution in [2.45, 2.75) is 39.8 Å². The number of carbonyl (C=O) groups excluding carboxylic acids is 1. The summed E-state index contributed by atoms with van der Waals surface area (Å²) in [5.41, 5.74) is 0. The molecule has 4 heteroatoms. The van der Waals surface area contributed by atoms with Crippen LogP contribution in [0.3, 0.4) is 0 Å². The Hall–Kier alpha value is -1.32. The standard InChI is InChI=1S/C11H19N3O/c1-8(2)9(3)13-11(15)10(4)14-7-5-6-12-14/h5-10H,1-4H3,(H,13,15). The van der Waals surface area contributed by atoms with Gasteiger partial charge in [-0.05, 0) is 25.8 Å². The van der Waals surface area contributed by atoms with E-state index in [-0.39, 0.29) is 18.0 Å². The zero-order valence-corrected chi connectivity index (χ0v) is 9.77. The molecule has 1 rings (SSSR count). The van der Waals surface area contributed by atoms with E-state index in [1.807, 2.05) is 19.9 Å². The van der Waals surface area contributed by atoms with Gasteiger partial charge in [0.25, 0.3) is 0 Å². The van der Waals surface area contributed by atoms with Crippen LogP contribution in [0.25, 0.3) is 0 Å². The van der Waals surface area contributed by atoms with E-state index in [9.17, 15) is 4.79 Å². The molecule has 0 saturated heterocycles. The van der Waals surface area contributed by atoms with Crippen LogP contribution in [0, 0.1) is 5.92 Å². The van der Waals surface area contributed by atoms with E-state index in [1.54, 1.807) is 17.1 Å². The molecule has 4 nitrogen and oxygen atoms in total. The first-order valence-electron chi connectivity index (χ1n) is 5.32. The molecule has 0 saturated carbocycles. The average Bonchev–Trinajstić information content (AvgIpc) is 2.68. The molecule has 2 atom stereocenters. The molecule has 0 bridgehead atoms. The molecular formula is C11H19N3O. The molecule has 1 aromatic rings. The van der Waals surface area contributed by atoms with Crippen LogP contribution in [0.2, 0.25) is 0 Å². The van der Waals surface area contributed by atoms with Crippen LogP contribution in [-0.4, -0.2) is 21.7 Å². The topological polar surface area (TPSA) is 46.9 Å². The zero-order valence-electron chi connectivity index (χ0n) is 9.77. The van der Waals surface area contributed by atoms with Crippen LogP contribution in [0.4, 0.5) is 0 Å². The normalized spacial score (nSPS) is 15.0. The van der Waals surface area contributed by atoms with Gasteiger partial charge in [-0.2, -0.15) is 5.10 Å². The van der Waals surface area contributed by atoms with Gasteiger partial charge in [0.05, 0.1) is 0 Å². The van der Waals surface area contributed by atoms with Gasteiger partial charge in [-0.25, -0.2) is 0 Å². The number of amides is 1. The van der Waals surface area contributed by atoms with E-state index in [0.717, 1.165) is 0 Å². The van der Waals surface area contributed by atoms with E-state index >= 15 is 0 Å². The summed E-state index contributed by atoms with van der Waals surface area (Å²) in [6.07, 6.45) is 3.47. The Morgan fingerprint density at radius 2 is 2.00 bits per heavy atom. The summed E-state index contributed by atoms with van der Waals surface area (Å²) in [7, 11) is 0. The predicted molar refractivity (Wildman–Crippen MR) is 59.4 cm³/mol. The van der Waals surface area contributed by atoms with Crippen molar-refractivity contribution in [3.05, 3.63) is 18.5 Å². The smallest absolute Gasteiger partial charge is 0.244 e. The fraction of sp³-hybridized carbons (Fsp3) is 0.636. The summed E-state index contributed by atoms with van der Waals surface area (Å²) < 4.78 is 1.66. The molecule has 1 amide bonds. The van der Waals surface area contributed by atoms with Gasteiger partial charge in [0.1, 0.15) is 6.04 Å². The molecule has 0 aromatic carbocycles. The van der Waals surface area contributed by atoms with Gasteiger partial charge in [-0.1, -0.05) is 13.8 Å². The first-order valence-corrected chi connectivity index (χ1v) is 5.32. The highest BCUT2D eigenvalue weighted by Crippen LogP contribution is 2.06. The molecule has 2 unspecified atom stereocenters. The van der Waals surface area contributed by atoms with Crippen molar-refractivity contribution in [2.75, 3.05) is 0 Å². The predicted octanol–water partition coefficient (Wildman–Crippen LogP) is 1.60. The minimum Gasteiger partial charge on any atom is -0.352 e. The lowest BCUT2D eigenvalue weighted by Gasteiger charge is -2.20. The monoisotopic (exact) mass is 209 g/mol. The molecule has 0 aliphatic carbocycles. The highest BCUT2D eigenvalue weighted by atomic mass is 16.2. The lowest BCUT2D eigenvalue weighted by Crippen LogP contribution is -2.40. The number of rotatable bonds is 4. The maximum absolute atomic E-state index is 11.8. The van der Waals surface area contributed by atoms with Crippen molar-refractivity contribution in [1.82, 2.24) is 15.1 Å². The third-order valence-electron chi connectivity index (χ3n) is 2.67. The van der Waals surface area contributed by atoms with Crippen LogP contribution in [0.5, 0.6) is 0 Å². The van der Waals surface area contributed by atoms with E-state index in [1.165, 1.54) is 0 Å². The number of nitrogens with one attached hydrogen (secondary N) is 1. The molecule has 0 aliphatic heterocycles. The molecule has 15 heavy (non-hydrogen) atoms. The quantitative estimate of drug-likeness (QED) is 0.818. The van der Waals surface area contributed by atoms with Crippen LogP contribution >= 0.6 is 0 Å². The van der Waals surface area contributed by atoms with Crippen molar-refractivity contribution in [2.24, 2.45) is 5.92 Å². The van der Waals surface area contributed by atoms with Crippen molar-refractivity contribution in [3.8, 4) is 0 Å². The van der Waals surface area contributed by atoms with E-state index in [2.05, 4.69) is 24.3 Å². The molecule has 84 valence electrons. The Bertz CT molecular complexity index is 306. The number of carbonyl (C=O) groups is 1. The summed E-state index contributed by atoms with van der Waals surface area (Å²) >= 11 is 0. The lowest BCUT2D eigenvalue weighted by molar-refractivity contribution is -0.125. The van der Waals surface area contributed by atoms with Crippen molar-refractivity contribution < 1.29 is 4.79 Å². The molecular weight excluding hydrogens is 190 g/mol. The highest BCUT2D eigenvalue weighted by molar-refractivity contribution is 5.80. The second-order valence-corrected chi connectivity index (χ2v) is 4.20. The van der Waals surface area contributed by atoms with Crippen molar-refractivity contribution >= 4 is 5.91 Å². The van der Waals surface area contributed by atoms with Crippen LogP contribution in [0.1, 0.15) is 33.7 Å². The average molecular weight is 209 g/mol. The molecule has 1 N–H and O–H groups in total. The summed E-state index contributed by atoms with van der Waals surface area (Å²) in [6.45, 7) is 8.03. The summed E-state index contributed by atoms with van der Waals surface area (Å²) in [6, 6.07) is 1.76. The Morgan fingerprint density at radius 1 is 1.33 bits per heavy atom. The third-order valence-corrected chi connectivity index (χ3v) is 2.67. The summed E-state index contributed by atoms with van der Waals surface area (Å²) in [4.78, 5) is 11.8. The Labute approximate surface area is 90.7 Å². The Kier molecular flexibility index (Phi) is 3.88. The molecule has 0 fully saturated rings. The summed E-state index contributed by atoms with van der Waals surface area (Å²) in [5, 5.41) is 7.01. The molecule has 0 aliphatic rings. The second kappa shape index (κ2) is 4.96. The largest absolute Gasteiger partial charge is 0.352 e. The maximum Gasteiger partial charge on any atom is 0.244 e. The van der Waals surface area contributed by atoms with Gasteiger partial charge in [0, 0.05) is 18.4 Å². The van der Waals surface area contributed by atoms with Gasteiger partial charge in [-0.15, -0.1) is 0 Å². The minimum atomic E-state index is -0.249. The lowest BCUT2D eigenvalue weighted by atomic mass is 10.1. The van der Waals surface area contributed by atoms with Gasteiger partial charge >= 0.3 is 0 Å². The minimum absolute atomic E-state index is 0.0138. The van der Waals surface area contributed by atoms with Crippen LogP contribution in [0.15, 0.2) is 18.5 Å². The van der Waals surface area contributed by atoms with Gasteiger partial charge in [0.15, 0.2) is 0 Å². The Balaban J connectivity index is 2.54. The first kappa shape index (κ1) is 11.8. The number of hydrogen-bond donors (Lipinski definition) is 1. The Morgan fingerprint density at radius 3 is 2.47 bits per heavy atom. The van der Waals surface area contributed by atoms with Gasteiger partial charge in [-0.3, -0.25) is 9.48 Å². The SMILES string of the molecule is CC(C)C(C)NC(=O)C(C)n1cccn1. The molecule has 0 radical (unpaired) electrons. The fourth-order valence-electron chi connectivity index (χ4n) is 1.14. The maximum atomic E-state index is 11.8. The number of aromatic nitrogens is 2. The number of nitrogens with zero attached hydrogens (tertiary/aromatic N) is 2. The van der Waals surface area contributed by atoms with E-state index in [0.29, 0.717) is 5.92 Å². The van der Waals surface area contributed by atoms with Gasteiger partial charge in [0.2, 0.25) is 5.91 Å². The third kappa shape index (κ3) is 3.08. The molecule has 0 spiro atoms. The first-order chi connectivity index (χ1) is 7.02. The van der Waals surface area contributed by atoms with Crippen LogP contribution < -0.4 is 5.32 Å². The molecule has 1 heterocycles. The zero-order chi connectivity index (χ0) is 11.4. The van der Waals surface area contributed by atoms with E-state index < -0.39 is 0 Å². The van der Waals surface area contributed by atoms with Gasteiger partial charge < -0.3 is 5.32 Å². The van der Waals surface area contributed by atoms with Crippen LogP contribution in [-0.2, 0) is 4.79 Å². The number of hydrogen-bond acceptors (Lipinski definition) is 2. The van der Waals surface area contributed by atoms with Crippen molar-refractivity contribution in [1.29, 1.82) is 0 Å². The summed E-state index contributed by atoms with van der Waals surface area (Å²) in [5.74, 6) is 0.457. The second-order valence-electron chi connectivity index (χ2n) is 4.20. The van der Waals surface area contributed by atoms with E-state index in [4.69, 9.17) is 0 Å². The van der Waals surface area contributed by atoms with Crippen molar-refractivity contribution in [3.63, 3.8) is 0 Å².